The topological polar surface area (TPSA) is 60.0 Å². The number of hydrogen-bond acceptors (Lipinski definition) is 6. The summed E-state index contributed by atoms with van der Waals surface area (Å²) in [7, 11) is 3.35. The number of hydrogen-bond donors (Lipinski definition) is 1. The van der Waals surface area contributed by atoms with Gasteiger partial charge in [-0.1, -0.05) is 6.92 Å². The highest BCUT2D eigenvalue weighted by Gasteiger charge is 2.24. The van der Waals surface area contributed by atoms with Crippen molar-refractivity contribution in [2.24, 2.45) is 0 Å². The number of nitrogens with zero attached hydrogens (tertiary/aromatic N) is 1. The molecule has 120 valence electrons. The van der Waals surface area contributed by atoms with E-state index in [1.54, 1.807) is 14.2 Å². The highest BCUT2D eigenvalue weighted by atomic mass is 16.5. The maximum atomic E-state index is 11.9. The van der Waals surface area contributed by atoms with E-state index < -0.39 is 0 Å². The van der Waals surface area contributed by atoms with E-state index in [-0.39, 0.29) is 18.1 Å². The lowest BCUT2D eigenvalue weighted by Crippen LogP contribution is -2.51. The Kier molecular flexibility index (Phi) is 11.7. The monoisotopic (exact) mass is 290 g/mol. The van der Waals surface area contributed by atoms with E-state index in [0.29, 0.717) is 26.4 Å². The normalized spacial score (nSPS) is 14.3. The summed E-state index contributed by atoms with van der Waals surface area (Å²) in [6.07, 6.45) is 0. The molecule has 0 fully saturated rings. The van der Waals surface area contributed by atoms with Crippen molar-refractivity contribution >= 4 is 5.97 Å². The number of carbonyl (C=O) groups excluding carboxylic acids is 1. The molecule has 0 spiro atoms. The van der Waals surface area contributed by atoms with Gasteiger partial charge in [0, 0.05) is 33.4 Å². The highest BCUT2D eigenvalue weighted by Crippen LogP contribution is 2.03. The molecule has 0 rings (SSSR count). The van der Waals surface area contributed by atoms with Crippen LogP contribution in [0.25, 0.3) is 0 Å². The fourth-order valence-corrected chi connectivity index (χ4v) is 1.99. The molecule has 1 N–H and O–H groups in total. The fraction of sp³-hybridized carbons (Fsp3) is 0.929. The van der Waals surface area contributed by atoms with Crippen molar-refractivity contribution in [1.29, 1.82) is 0 Å². The minimum absolute atomic E-state index is 0.207. The van der Waals surface area contributed by atoms with Crippen LogP contribution in [0.5, 0.6) is 0 Å². The summed E-state index contributed by atoms with van der Waals surface area (Å²) in [6, 6.07) is -0.109. The molecule has 0 bridgehead atoms. The number of methoxy groups -OCH3 is 2. The molecule has 0 aliphatic carbocycles. The van der Waals surface area contributed by atoms with E-state index in [1.165, 1.54) is 0 Å². The first-order valence-electron chi connectivity index (χ1n) is 7.22. The number of esters is 1. The van der Waals surface area contributed by atoms with E-state index in [2.05, 4.69) is 17.1 Å². The van der Waals surface area contributed by atoms with Gasteiger partial charge in [0.25, 0.3) is 0 Å². The number of ether oxygens (including phenoxy) is 3. The lowest BCUT2D eigenvalue weighted by atomic mass is 10.2. The standard InChI is InChI=1S/C14H30N2O4/c1-6-15-13(14(17)20-7-2)10-16(8-9-18-4)12(3)11-19-5/h12-13,15H,6-11H2,1-5H3. The third-order valence-corrected chi connectivity index (χ3v) is 3.05. The minimum atomic E-state index is -0.323. The van der Waals surface area contributed by atoms with Gasteiger partial charge < -0.3 is 19.5 Å². The Morgan fingerprint density at radius 1 is 1.25 bits per heavy atom. The first-order chi connectivity index (χ1) is 9.60. The Balaban J connectivity index is 4.63. The van der Waals surface area contributed by atoms with Gasteiger partial charge >= 0.3 is 5.97 Å². The van der Waals surface area contributed by atoms with Crippen LogP contribution in [0.2, 0.25) is 0 Å². The van der Waals surface area contributed by atoms with Crippen LogP contribution >= 0.6 is 0 Å². The molecule has 6 nitrogen and oxygen atoms in total. The summed E-state index contributed by atoms with van der Waals surface area (Å²) < 4.78 is 15.4. The van der Waals surface area contributed by atoms with Crippen molar-refractivity contribution < 1.29 is 19.0 Å². The summed E-state index contributed by atoms with van der Waals surface area (Å²) in [5, 5.41) is 3.17. The van der Waals surface area contributed by atoms with Gasteiger partial charge in [-0.25, -0.2) is 0 Å². The summed E-state index contributed by atoms with van der Waals surface area (Å²) in [6.45, 7) is 9.56. The molecule has 2 atom stereocenters. The van der Waals surface area contributed by atoms with Gasteiger partial charge in [-0.15, -0.1) is 0 Å². The predicted octanol–water partition coefficient (Wildman–Crippen LogP) is 0.511. The largest absolute Gasteiger partial charge is 0.465 e. The van der Waals surface area contributed by atoms with E-state index in [1.807, 2.05) is 13.8 Å². The predicted molar refractivity (Wildman–Crippen MR) is 78.9 cm³/mol. The zero-order chi connectivity index (χ0) is 15.4. The van der Waals surface area contributed by atoms with Crippen LogP contribution in [0.3, 0.4) is 0 Å². The van der Waals surface area contributed by atoms with Crippen molar-refractivity contribution in [2.45, 2.75) is 32.9 Å². The van der Waals surface area contributed by atoms with Crippen molar-refractivity contribution in [3.05, 3.63) is 0 Å². The Labute approximate surface area is 122 Å². The molecule has 0 amide bonds. The molecule has 20 heavy (non-hydrogen) atoms. The number of rotatable bonds is 12. The Morgan fingerprint density at radius 2 is 1.95 bits per heavy atom. The molecule has 2 unspecified atom stereocenters. The van der Waals surface area contributed by atoms with Crippen LogP contribution in [-0.4, -0.2) is 76.6 Å². The Bertz CT molecular complexity index is 251. The van der Waals surface area contributed by atoms with Crippen LogP contribution in [-0.2, 0) is 19.0 Å². The molecule has 0 aromatic heterocycles. The first kappa shape index (κ1) is 19.3. The molecule has 0 saturated heterocycles. The van der Waals surface area contributed by atoms with Crippen LogP contribution in [0, 0.1) is 0 Å². The fourth-order valence-electron chi connectivity index (χ4n) is 1.99. The van der Waals surface area contributed by atoms with Gasteiger partial charge in [-0.2, -0.15) is 0 Å². The number of nitrogens with one attached hydrogen (secondary N) is 1. The minimum Gasteiger partial charge on any atom is -0.465 e. The van der Waals surface area contributed by atoms with Crippen LogP contribution in [0.15, 0.2) is 0 Å². The summed E-state index contributed by atoms with van der Waals surface area (Å²) in [4.78, 5) is 14.1. The lowest BCUT2D eigenvalue weighted by molar-refractivity contribution is -0.146. The summed E-state index contributed by atoms with van der Waals surface area (Å²) >= 11 is 0. The summed E-state index contributed by atoms with van der Waals surface area (Å²) in [5.74, 6) is -0.207. The van der Waals surface area contributed by atoms with Crippen LogP contribution in [0.1, 0.15) is 20.8 Å². The van der Waals surface area contributed by atoms with Crippen molar-refractivity contribution in [1.82, 2.24) is 10.2 Å². The second kappa shape index (κ2) is 12.1. The average Bonchev–Trinajstić information content (AvgIpc) is 2.42. The van der Waals surface area contributed by atoms with E-state index in [0.717, 1.165) is 13.1 Å². The highest BCUT2D eigenvalue weighted by molar-refractivity contribution is 5.76. The maximum Gasteiger partial charge on any atom is 0.324 e. The quantitative estimate of drug-likeness (QED) is 0.529. The zero-order valence-corrected chi connectivity index (χ0v) is 13.5. The Morgan fingerprint density at radius 3 is 2.45 bits per heavy atom. The number of carbonyl (C=O) groups is 1. The third kappa shape index (κ3) is 7.79. The molecule has 0 aliphatic heterocycles. The summed E-state index contributed by atoms with van der Waals surface area (Å²) in [5.41, 5.74) is 0. The van der Waals surface area contributed by atoms with Gasteiger partial charge in [-0.05, 0) is 20.4 Å². The third-order valence-electron chi connectivity index (χ3n) is 3.05. The smallest absolute Gasteiger partial charge is 0.324 e. The molecule has 0 aromatic carbocycles. The molecule has 6 heteroatoms. The van der Waals surface area contributed by atoms with E-state index in [9.17, 15) is 4.79 Å². The van der Waals surface area contributed by atoms with Gasteiger partial charge in [0.05, 0.1) is 19.8 Å². The SMILES string of the molecule is CCNC(CN(CCOC)C(C)COC)C(=O)OCC. The van der Waals surface area contributed by atoms with Gasteiger partial charge in [0.2, 0.25) is 0 Å². The zero-order valence-electron chi connectivity index (χ0n) is 13.5. The molecule has 0 aliphatic rings. The van der Waals surface area contributed by atoms with Crippen LogP contribution in [0.4, 0.5) is 0 Å². The van der Waals surface area contributed by atoms with E-state index in [4.69, 9.17) is 14.2 Å². The Hall–Kier alpha value is -0.690. The van der Waals surface area contributed by atoms with Gasteiger partial charge in [0.15, 0.2) is 0 Å². The average molecular weight is 290 g/mol. The van der Waals surface area contributed by atoms with Gasteiger partial charge in [0.1, 0.15) is 6.04 Å². The van der Waals surface area contributed by atoms with Crippen molar-refractivity contribution in [2.75, 3.05) is 53.7 Å². The molecule has 0 radical (unpaired) electrons. The lowest BCUT2D eigenvalue weighted by Gasteiger charge is -2.31. The second-order valence-corrected chi connectivity index (χ2v) is 4.65. The molecular formula is C14H30N2O4. The first-order valence-corrected chi connectivity index (χ1v) is 7.22. The maximum absolute atomic E-state index is 11.9. The molecule has 0 aromatic rings. The molecular weight excluding hydrogens is 260 g/mol. The molecule has 0 heterocycles. The molecule has 0 saturated carbocycles. The van der Waals surface area contributed by atoms with Crippen molar-refractivity contribution in [3.8, 4) is 0 Å². The van der Waals surface area contributed by atoms with Crippen LogP contribution < -0.4 is 5.32 Å². The van der Waals surface area contributed by atoms with Crippen molar-refractivity contribution in [3.63, 3.8) is 0 Å². The van der Waals surface area contributed by atoms with Gasteiger partial charge in [-0.3, -0.25) is 9.69 Å². The number of likely N-dealkylation sites (N-methyl/N-ethyl adjacent to an activating group) is 1. The van der Waals surface area contributed by atoms with E-state index >= 15 is 0 Å². The second-order valence-electron chi connectivity index (χ2n) is 4.65.